The van der Waals surface area contributed by atoms with Crippen LogP contribution in [0.25, 0.3) is 22.4 Å². The van der Waals surface area contributed by atoms with Crippen molar-refractivity contribution in [1.82, 2.24) is 26.0 Å². The Hall–Kier alpha value is -3.81. The smallest absolute Gasteiger partial charge is 0.290 e. The molecule has 3 aromatic heterocycles. The van der Waals surface area contributed by atoms with Gasteiger partial charge in [-0.25, -0.2) is 0 Å². The summed E-state index contributed by atoms with van der Waals surface area (Å²) in [6.45, 7) is 0. The number of hydrogen-bond acceptors (Lipinski definition) is 4. The Labute approximate surface area is 141 Å². The van der Waals surface area contributed by atoms with Crippen LogP contribution in [0.3, 0.4) is 0 Å². The number of aromatic amines is 2. The zero-order chi connectivity index (χ0) is 17.2. The Morgan fingerprint density at radius 2 is 1.88 bits per heavy atom. The topological polar surface area (TPSA) is 116 Å². The number of carbonyl (C=O) groups is 2. The van der Waals surface area contributed by atoms with Gasteiger partial charge in [0.25, 0.3) is 11.8 Å². The first-order valence-corrected chi connectivity index (χ1v) is 7.48. The van der Waals surface area contributed by atoms with E-state index < -0.39 is 11.8 Å². The number of aromatic nitrogens is 3. The van der Waals surface area contributed by atoms with Gasteiger partial charge in [-0.3, -0.25) is 25.5 Å². The number of H-pyrrole nitrogens is 2. The van der Waals surface area contributed by atoms with Gasteiger partial charge in [0, 0.05) is 23.2 Å². The Morgan fingerprint density at radius 1 is 1.04 bits per heavy atom. The summed E-state index contributed by atoms with van der Waals surface area (Å²) < 4.78 is 5.22. The summed E-state index contributed by atoms with van der Waals surface area (Å²) in [5, 5.41) is 7.39. The number of carbonyl (C=O) groups excluding carboxylic acids is 2. The van der Waals surface area contributed by atoms with Crippen LogP contribution < -0.4 is 10.9 Å². The molecule has 0 saturated carbocycles. The third-order valence-electron chi connectivity index (χ3n) is 3.72. The molecule has 4 rings (SSSR count). The predicted molar refractivity (Wildman–Crippen MR) is 89.5 cm³/mol. The van der Waals surface area contributed by atoms with Crippen LogP contribution in [0.2, 0.25) is 0 Å². The summed E-state index contributed by atoms with van der Waals surface area (Å²) in [5.74, 6) is -0.399. The molecule has 0 aliphatic rings. The van der Waals surface area contributed by atoms with Crippen LogP contribution in [0, 0.1) is 0 Å². The zero-order valence-electron chi connectivity index (χ0n) is 12.9. The lowest BCUT2D eigenvalue weighted by Gasteiger charge is -2.04. The number of rotatable bonds is 3. The molecule has 4 aromatic rings. The maximum absolute atomic E-state index is 12.3. The molecule has 3 heterocycles. The van der Waals surface area contributed by atoms with Crippen molar-refractivity contribution in [3.63, 3.8) is 0 Å². The summed E-state index contributed by atoms with van der Waals surface area (Å²) in [4.78, 5) is 27.4. The molecule has 124 valence electrons. The Balaban J connectivity index is 1.44. The number of para-hydroxylation sites is 1. The second-order valence-electron chi connectivity index (χ2n) is 5.30. The summed E-state index contributed by atoms with van der Waals surface area (Å²) in [7, 11) is 0. The Morgan fingerprint density at radius 3 is 2.72 bits per heavy atom. The van der Waals surface area contributed by atoms with Crippen LogP contribution in [0.5, 0.6) is 0 Å². The fraction of sp³-hybridized carbons (Fsp3) is 0. The number of benzene rings is 1. The van der Waals surface area contributed by atoms with E-state index in [0.29, 0.717) is 17.0 Å². The van der Waals surface area contributed by atoms with E-state index in [-0.39, 0.29) is 5.69 Å². The van der Waals surface area contributed by atoms with Gasteiger partial charge < -0.3 is 9.40 Å². The van der Waals surface area contributed by atoms with E-state index in [4.69, 9.17) is 4.42 Å². The van der Waals surface area contributed by atoms with Gasteiger partial charge in [-0.1, -0.05) is 18.2 Å². The zero-order valence-corrected chi connectivity index (χ0v) is 12.9. The van der Waals surface area contributed by atoms with Gasteiger partial charge in [0.1, 0.15) is 5.69 Å². The van der Waals surface area contributed by atoms with E-state index in [1.54, 1.807) is 18.3 Å². The molecule has 2 amide bonds. The van der Waals surface area contributed by atoms with Crippen molar-refractivity contribution >= 4 is 22.7 Å². The summed E-state index contributed by atoms with van der Waals surface area (Å²) >= 11 is 0. The minimum Gasteiger partial charge on any atom is -0.463 e. The number of hydrazine groups is 1. The third-order valence-corrected chi connectivity index (χ3v) is 3.72. The molecule has 0 unspecified atom stereocenters. The lowest BCUT2D eigenvalue weighted by molar-refractivity contribution is 0.0845. The molecule has 1 aromatic carbocycles. The second kappa shape index (κ2) is 6.00. The largest absolute Gasteiger partial charge is 0.463 e. The highest BCUT2D eigenvalue weighted by Gasteiger charge is 2.15. The fourth-order valence-electron chi connectivity index (χ4n) is 2.50. The average Bonchev–Trinajstić information content (AvgIpc) is 3.38. The molecule has 0 bridgehead atoms. The molecule has 8 heteroatoms. The van der Waals surface area contributed by atoms with Crippen molar-refractivity contribution in [2.24, 2.45) is 0 Å². The maximum atomic E-state index is 12.3. The van der Waals surface area contributed by atoms with Gasteiger partial charge in [0.05, 0.1) is 11.8 Å². The quantitative estimate of drug-likeness (QED) is 0.430. The molecular formula is C17H13N5O3. The van der Waals surface area contributed by atoms with Gasteiger partial charge in [-0.15, -0.1) is 0 Å². The number of nitrogens with zero attached hydrogens (tertiary/aromatic N) is 1. The molecule has 0 saturated heterocycles. The van der Waals surface area contributed by atoms with Gasteiger partial charge in [0.2, 0.25) is 0 Å². The van der Waals surface area contributed by atoms with Crippen LogP contribution in [0.1, 0.15) is 20.8 Å². The molecule has 0 atom stereocenters. The lowest BCUT2D eigenvalue weighted by atomic mass is 10.2. The van der Waals surface area contributed by atoms with Crippen molar-refractivity contribution in [3.8, 4) is 11.5 Å². The number of nitrogens with one attached hydrogen (secondary N) is 4. The van der Waals surface area contributed by atoms with Crippen LogP contribution in [-0.2, 0) is 0 Å². The van der Waals surface area contributed by atoms with Crippen molar-refractivity contribution in [1.29, 1.82) is 0 Å². The van der Waals surface area contributed by atoms with Gasteiger partial charge in [-0.05, 0) is 18.2 Å². The minimum absolute atomic E-state index is 0.130. The lowest BCUT2D eigenvalue weighted by Crippen LogP contribution is -2.41. The summed E-state index contributed by atoms with van der Waals surface area (Å²) in [6, 6.07) is 12.4. The average molecular weight is 335 g/mol. The first-order chi connectivity index (χ1) is 12.2. The molecule has 8 nitrogen and oxygen atoms in total. The highest BCUT2D eigenvalue weighted by atomic mass is 16.3. The van der Waals surface area contributed by atoms with Crippen LogP contribution in [0.15, 0.2) is 59.3 Å². The van der Waals surface area contributed by atoms with Crippen molar-refractivity contribution in [2.45, 2.75) is 0 Å². The highest BCUT2D eigenvalue weighted by molar-refractivity contribution is 6.07. The standard InChI is InChI=1S/C17H13N5O3/c23-16(11-9-18-12-5-2-1-4-10(11)12)21-22-17(24)14-8-13(19-20-14)15-6-3-7-25-15/h1-9,18H,(H,19,20)(H,21,23)(H,22,24). The second-order valence-corrected chi connectivity index (χ2v) is 5.30. The normalized spacial score (nSPS) is 10.7. The highest BCUT2D eigenvalue weighted by Crippen LogP contribution is 2.18. The molecule has 0 radical (unpaired) electrons. The van der Waals surface area contributed by atoms with Crippen molar-refractivity contribution < 1.29 is 14.0 Å². The van der Waals surface area contributed by atoms with Crippen LogP contribution in [0.4, 0.5) is 0 Å². The molecule has 0 spiro atoms. The van der Waals surface area contributed by atoms with Crippen LogP contribution in [-0.4, -0.2) is 27.0 Å². The summed E-state index contributed by atoms with van der Waals surface area (Å²) in [6.07, 6.45) is 3.12. The number of fused-ring (bicyclic) bond motifs is 1. The molecule has 4 N–H and O–H groups in total. The molecule has 0 aliphatic heterocycles. The Bertz CT molecular complexity index is 1050. The summed E-state index contributed by atoms with van der Waals surface area (Å²) in [5.41, 5.74) is 6.71. The van der Waals surface area contributed by atoms with Gasteiger partial charge in [0.15, 0.2) is 11.5 Å². The van der Waals surface area contributed by atoms with Gasteiger partial charge >= 0.3 is 0 Å². The minimum atomic E-state index is -0.540. The predicted octanol–water partition coefficient (Wildman–Crippen LogP) is 2.23. The maximum Gasteiger partial charge on any atom is 0.290 e. The molecule has 0 fully saturated rings. The van der Waals surface area contributed by atoms with E-state index in [2.05, 4.69) is 26.0 Å². The Kier molecular flexibility index (Phi) is 3.55. The van der Waals surface area contributed by atoms with E-state index in [0.717, 1.165) is 10.9 Å². The third kappa shape index (κ3) is 2.76. The number of furan rings is 1. The molecular weight excluding hydrogens is 322 g/mol. The van der Waals surface area contributed by atoms with Crippen molar-refractivity contribution in [3.05, 3.63) is 66.2 Å². The SMILES string of the molecule is O=C(NNC(=O)c1c[nH]c2ccccc12)c1cc(-c2ccco2)[nH]n1. The van der Waals surface area contributed by atoms with Gasteiger partial charge in [-0.2, -0.15) is 5.10 Å². The van der Waals surface area contributed by atoms with E-state index in [1.165, 1.54) is 12.3 Å². The number of hydrogen-bond donors (Lipinski definition) is 4. The first-order valence-electron chi connectivity index (χ1n) is 7.48. The van der Waals surface area contributed by atoms with Crippen LogP contribution >= 0.6 is 0 Å². The van der Waals surface area contributed by atoms with E-state index in [9.17, 15) is 9.59 Å². The molecule has 25 heavy (non-hydrogen) atoms. The number of amides is 2. The molecule has 0 aliphatic carbocycles. The van der Waals surface area contributed by atoms with Crippen molar-refractivity contribution in [2.75, 3.05) is 0 Å². The first kappa shape index (κ1) is 14.8. The van der Waals surface area contributed by atoms with E-state index >= 15 is 0 Å². The fourth-order valence-corrected chi connectivity index (χ4v) is 2.50. The monoisotopic (exact) mass is 335 g/mol. The van der Waals surface area contributed by atoms with E-state index in [1.807, 2.05) is 24.3 Å².